The van der Waals surface area contributed by atoms with Gasteiger partial charge in [0.2, 0.25) is 0 Å². The molecule has 0 saturated heterocycles. The molecular weight excluding hydrogens is 262 g/mol. The van der Waals surface area contributed by atoms with Crippen LogP contribution < -0.4 is 5.32 Å². The predicted octanol–water partition coefficient (Wildman–Crippen LogP) is 2.76. The molecule has 1 atom stereocenters. The minimum absolute atomic E-state index is 0.102. The predicted molar refractivity (Wildman–Crippen MR) is 85.3 cm³/mol. The van der Waals surface area contributed by atoms with E-state index in [9.17, 15) is 5.11 Å². The first-order valence-electron chi connectivity index (χ1n) is 7.42. The van der Waals surface area contributed by atoms with Crippen LogP contribution in [0.4, 0.5) is 0 Å². The summed E-state index contributed by atoms with van der Waals surface area (Å²) in [5.74, 6) is 0. The summed E-state index contributed by atoms with van der Waals surface area (Å²) >= 11 is 0. The lowest BCUT2D eigenvalue weighted by molar-refractivity contribution is 0.128. The maximum absolute atomic E-state index is 9.49. The van der Waals surface area contributed by atoms with Crippen molar-refractivity contribution < 1.29 is 5.11 Å². The number of hydrogen-bond acceptors (Lipinski definition) is 3. The van der Waals surface area contributed by atoms with Gasteiger partial charge in [-0.25, -0.2) is 4.98 Å². The fourth-order valence-corrected chi connectivity index (χ4v) is 2.61. The lowest BCUT2D eigenvalue weighted by atomic mass is 9.87. The number of benzene rings is 1. The fourth-order valence-electron chi connectivity index (χ4n) is 2.61. The van der Waals surface area contributed by atoms with E-state index >= 15 is 0 Å². The summed E-state index contributed by atoms with van der Waals surface area (Å²) in [6, 6.07) is 8.45. The van der Waals surface area contributed by atoms with E-state index in [0.29, 0.717) is 0 Å². The molecule has 0 bridgehead atoms. The van der Waals surface area contributed by atoms with E-state index in [1.807, 2.05) is 17.7 Å². The van der Waals surface area contributed by atoms with Crippen molar-refractivity contribution in [2.24, 2.45) is 5.41 Å². The highest BCUT2D eigenvalue weighted by Gasteiger charge is 2.19. The van der Waals surface area contributed by atoms with Crippen LogP contribution in [0.3, 0.4) is 0 Å². The van der Waals surface area contributed by atoms with Crippen molar-refractivity contribution in [3.63, 3.8) is 0 Å². The molecule has 1 unspecified atom stereocenters. The zero-order valence-corrected chi connectivity index (χ0v) is 13.1. The molecule has 1 aromatic heterocycles. The largest absolute Gasteiger partial charge is 0.393 e. The van der Waals surface area contributed by atoms with Crippen LogP contribution in [0.15, 0.2) is 43.0 Å². The standard InChI is InChI=1S/C17H25N3O/c1-14(21)10-17(2,3)12-19-11-15-4-6-16(7-5-15)20-9-8-18-13-20/h4-9,13-14,19,21H,10-12H2,1-3H3. The molecule has 2 aromatic rings. The Morgan fingerprint density at radius 2 is 2.00 bits per heavy atom. The van der Waals surface area contributed by atoms with Crippen molar-refractivity contribution >= 4 is 0 Å². The van der Waals surface area contributed by atoms with E-state index in [0.717, 1.165) is 25.2 Å². The zero-order chi connectivity index (χ0) is 15.3. The highest BCUT2D eigenvalue weighted by Crippen LogP contribution is 2.21. The number of nitrogens with zero attached hydrogens (tertiary/aromatic N) is 2. The van der Waals surface area contributed by atoms with Crippen LogP contribution in [0.1, 0.15) is 32.8 Å². The van der Waals surface area contributed by atoms with Gasteiger partial charge < -0.3 is 15.0 Å². The number of nitrogens with one attached hydrogen (secondary N) is 1. The smallest absolute Gasteiger partial charge is 0.0991 e. The highest BCUT2D eigenvalue weighted by molar-refractivity contribution is 5.34. The Morgan fingerprint density at radius 1 is 1.29 bits per heavy atom. The van der Waals surface area contributed by atoms with Crippen LogP contribution in [-0.2, 0) is 6.54 Å². The second kappa shape index (κ2) is 6.87. The number of aromatic nitrogens is 2. The van der Waals surface area contributed by atoms with Gasteiger partial charge in [-0.1, -0.05) is 26.0 Å². The molecule has 0 aliphatic rings. The van der Waals surface area contributed by atoms with Crippen LogP contribution in [0.25, 0.3) is 5.69 Å². The molecule has 0 radical (unpaired) electrons. The summed E-state index contributed by atoms with van der Waals surface area (Å²) in [6.07, 6.45) is 6.06. The summed E-state index contributed by atoms with van der Waals surface area (Å²) in [4.78, 5) is 4.05. The molecule has 21 heavy (non-hydrogen) atoms. The van der Waals surface area contributed by atoms with Crippen LogP contribution >= 0.6 is 0 Å². The monoisotopic (exact) mass is 287 g/mol. The lowest BCUT2D eigenvalue weighted by Crippen LogP contribution is -2.31. The molecule has 1 aromatic carbocycles. The Balaban J connectivity index is 1.84. The van der Waals surface area contributed by atoms with Gasteiger partial charge in [-0.3, -0.25) is 0 Å². The summed E-state index contributed by atoms with van der Waals surface area (Å²) in [6.45, 7) is 7.93. The topological polar surface area (TPSA) is 50.1 Å². The molecule has 2 rings (SSSR count). The van der Waals surface area contributed by atoms with Crippen molar-refractivity contribution in [3.05, 3.63) is 48.5 Å². The van der Waals surface area contributed by atoms with E-state index in [4.69, 9.17) is 0 Å². The third-order valence-electron chi connectivity index (χ3n) is 3.52. The maximum Gasteiger partial charge on any atom is 0.0991 e. The van der Waals surface area contributed by atoms with Crippen LogP contribution in [-0.4, -0.2) is 27.3 Å². The van der Waals surface area contributed by atoms with Gasteiger partial charge in [0.15, 0.2) is 0 Å². The molecule has 2 N–H and O–H groups in total. The van der Waals surface area contributed by atoms with Gasteiger partial charge in [-0.15, -0.1) is 0 Å². The van der Waals surface area contributed by atoms with Gasteiger partial charge >= 0.3 is 0 Å². The minimum atomic E-state index is -0.253. The number of rotatable bonds is 7. The van der Waals surface area contributed by atoms with Gasteiger partial charge in [0.25, 0.3) is 0 Å². The van der Waals surface area contributed by atoms with E-state index in [2.05, 4.69) is 48.4 Å². The van der Waals surface area contributed by atoms with Crippen molar-refractivity contribution in [1.82, 2.24) is 14.9 Å². The van der Waals surface area contributed by atoms with Crippen LogP contribution in [0.2, 0.25) is 0 Å². The molecule has 0 spiro atoms. The maximum atomic E-state index is 9.49. The summed E-state index contributed by atoms with van der Waals surface area (Å²) in [5, 5.41) is 13.0. The highest BCUT2D eigenvalue weighted by atomic mass is 16.3. The summed E-state index contributed by atoms with van der Waals surface area (Å²) in [5.41, 5.74) is 2.47. The fraction of sp³-hybridized carbons (Fsp3) is 0.471. The second-order valence-electron chi connectivity index (χ2n) is 6.46. The molecule has 0 aliphatic heterocycles. The quantitative estimate of drug-likeness (QED) is 0.823. The Morgan fingerprint density at radius 3 is 2.57 bits per heavy atom. The van der Waals surface area contributed by atoms with Gasteiger partial charge in [0.05, 0.1) is 12.4 Å². The zero-order valence-electron chi connectivity index (χ0n) is 13.1. The Hall–Kier alpha value is -1.65. The normalized spacial score (nSPS) is 13.3. The van der Waals surface area contributed by atoms with Crippen molar-refractivity contribution in [3.8, 4) is 5.69 Å². The Bertz CT molecular complexity index is 530. The average Bonchev–Trinajstić information content (AvgIpc) is 2.91. The van der Waals surface area contributed by atoms with E-state index in [1.165, 1.54) is 5.56 Å². The van der Waals surface area contributed by atoms with Crippen molar-refractivity contribution in [2.45, 2.75) is 39.8 Å². The molecule has 0 fully saturated rings. The average molecular weight is 287 g/mol. The van der Waals surface area contributed by atoms with Gasteiger partial charge in [-0.05, 0) is 36.5 Å². The first-order valence-corrected chi connectivity index (χ1v) is 7.42. The number of aliphatic hydroxyl groups is 1. The Labute approximate surface area is 126 Å². The number of imidazole rings is 1. The molecule has 0 aliphatic carbocycles. The van der Waals surface area contributed by atoms with Crippen molar-refractivity contribution in [2.75, 3.05) is 6.54 Å². The van der Waals surface area contributed by atoms with Gasteiger partial charge in [0.1, 0.15) is 0 Å². The molecule has 0 amide bonds. The van der Waals surface area contributed by atoms with Gasteiger partial charge in [0, 0.05) is 31.2 Å². The summed E-state index contributed by atoms with van der Waals surface area (Å²) in [7, 11) is 0. The Kier molecular flexibility index (Phi) is 5.15. The third-order valence-corrected chi connectivity index (χ3v) is 3.52. The second-order valence-corrected chi connectivity index (χ2v) is 6.46. The van der Waals surface area contributed by atoms with Crippen molar-refractivity contribution in [1.29, 1.82) is 0 Å². The van der Waals surface area contributed by atoms with Gasteiger partial charge in [-0.2, -0.15) is 0 Å². The first kappa shape index (κ1) is 15.7. The number of aliphatic hydroxyl groups excluding tert-OH is 1. The first-order chi connectivity index (χ1) is 9.96. The van der Waals surface area contributed by atoms with E-state index in [1.54, 1.807) is 12.5 Å². The molecular formula is C17H25N3O. The SMILES string of the molecule is CC(O)CC(C)(C)CNCc1ccc(-n2ccnc2)cc1. The van der Waals surface area contributed by atoms with Crippen LogP contribution in [0, 0.1) is 5.41 Å². The van der Waals surface area contributed by atoms with E-state index in [-0.39, 0.29) is 11.5 Å². The third kappa shape index (κ3) is 4.99. The number of hydrogen-bond donors (Lipinski definition) is 2. The minimum Gasteiger partial charge on any atom is -0.393 e. The van der Waals surface area contributed by atoms with E-state index < -0.39 is 0 Å². The molecule has 1 heterocycles. The lowest BCUT2D eigenvalue weighted by Gasteiger charge is -2.26. The molecule has 4 nitrogen and oxygen atoms in total. The molecule has 0 saturated carbocycles. The molecule has 4 heteroatoms. The van der Waals surface area contributed by atoms with Crippen LogP contribution in [0.5, 0.6) is 0 Å². The molecule has 114 valence electrons. The summed E-state index contributed by atoms with van der Waals surface area (Å²) < 4.78 is 1.99.